The molecule has 208 valence electrons. The molecule has 0 aromatic heterocycles. The molecule has 0 radical (unpaired) electrons. The van der Waals surface area contributed by atoms with E-state index in [1.165, 1.54) is 4.90 Å². The zero-order valence-corrected chi connectivity index (χ0v) is 23.8. The highest BCUT2D eigenvalue weighted by Crippen LogP contribution is 2.60. The second-order valence-electron chi connectivity index (χ2n) is 10.5. The number of amides is 2. The van der Waals surface area contributed by atoms with Crippen LogP contribution in [0.25, 0.3) is 0 Å². The molecule has 7 atom stereocenters. The molecule has 1 N–H and O–H groups in total. The van der Waals surface area contributed by atoms with Gasteiger partial charge in [-0.1, -0.05) is 72.1 Å². The smallest absolute Gasteiger partial charge is 0.312 e. The molecule has 2 amide bonds. The molecule has 38 heavy (non-hydrogen) atoms. The Kier molecular flexibility index (Phi) is 9.31. The summed E-state index contributed by atoms with van der Waals surface area (Å²) in [5.74, 6) is -2.70. The predicted octanol–water partition coefficient (Wildman–Crippen LogP) is 3.11. The van der Waals surface area contributed by atoms with Gasteiger partial charge >= 0.3 is 5.97 Å². The number of hydrogen-bond acceptors (Lipinski definition) is 6. The van der Waals surface area contributed by atoms with Gasteiger partial charge in [-0.2, -0.15) is 0 Å². The normalized spacial score (nSPS) is 30.3. The molecule has 0 saturated carbocycles. The number of aliphatic hydroxyl groups excluding tert-OH is 1. The topological polar surface area (TPSA) is 96.4 Å². The zero-order chi connectivity index (χ0) is 27.4. The van der Waals surface area contributed by atoms with Gasteiger partial charge in [-0.3, -0.25) is 14.4 Å². The fraction of sp³-hybridized carbons (Fsp3) is 0.621. The lowest BCUT2D eigenvalue weighted by Crippen LogP contribution is -2.59. The molecule has 2 bridgehead atoms. The molecule has 3 fully saturated rings. The zero-order valence-electron chi connectivity index (χ0n) is 22.3. The first-order chi connectivity index (χ1) is 18.3. The van der Waals surface area contributed by atoms with Crippen molar-refractivity contribution in [3.63, 3.8) is 0 Å². The Labute approximate surface area is 233 Å². The van der Waals surface area contributed by atoms with Gasteiger partial charge in [0.25, 0.3) is 0 Å². The molecule has 9 heteroatoms. The summed E-state index contributed by atoms with van der Waals surface area (Å²) in [7, 11) is 0. The quantitative estimate of drug-likeness (QED) is 0.164. The fourth-order valence-corrected chi connectivity index (χ4v) is 7.50. The highest BCUT2D eigenvalue weighted by atomic mass is 79.9. The van der Waals surface area contributed by atoms with Crippen molar-refractivity contribution in [3.8, 4) is 0 Å². The molecule has 3 heterocycles. The summed E-state index contributed by atoms with van der Waals surface area (Å²) in [5.41, 5.74) is -0.241. The largest absolute Gasteiger partial charge is 0.466 e. The summed E-state index contributed by atoms with van der Waals surface area (Å²) in [5, 5.41) is 10.5. The average molecular weight is 592 g/mol. The number of carbonyl (C=O) groups is 3. The number of likely N-dealkylation sites (tertiary alicyclic amines) is 1. The standard InChI is InChI=1S/C29H39BrN2O6/c1-4-7-11-15-31(14-5-2)27(35)25-29-17-21(30)24(38-29)22(28(36)37-6-3)23(29)26(34)32(25)20(18-33)16-19-12-9-8-10-13-19/h5,8-10,12-13,20-25,33H,2,4,6-7,11,14-18H2,1,3H3/t20-,21?,22-,23+,24-,25?,29?/m1/s1. The van der Waals surface area contributed by atoms with Crippen LogP contribution in [0.1, 0.15) is 45.1 Å². The number of unbranched alkanes of at least 4 members (excludes halogenated alkanes) is 2. The van der Waals surface area contributed by atoms with Crippen molar-refractivity contribution >= 4 is 33.7 Å². The van der Waals surface area contributed by atoms with Crippen molar-refractivity contribution in [1.29, 1.82) is 0 Å². The Morgan fingerprint density at radius 1 is 1.32 bits per heavy atom. The SMILES string of the molecule is C=CCN(CCCCC)C(=O)C1N([C@@H](CO)Cc2ccccc2)C(=O)[C@@H]2[C@@H](C(=O)OCC)[C@@H]3OC12CC3Br. The number of alkyl halides is 1. The first-order valence-corrected chi connectivity index (χ1v) is 14.6. The Bertz CT molecular complexity index is 1020. The van der Waals surface area contributed by atoms with Crippen molar-refractivity contribution in [2.75, 3.05) is 26.3 Å². The van der Waals surface area contributed by atoms with E-state index in [1.54, 1.807) is 17.9 Å². The first-order valence-electron chi connectivity index (χ1n) is 13.7. The van der Waals surface area contributed by atoms with Crippen LogP contribution in [0.5, 0.6) is 0 Å². The molecular weight excluding hydrogens is 552 g/mol. The van der Waals surface area contributed by atoms with E-state index in [4.69, 9.17) is 9.47 Å². The minimum atomic E-state index is -1.18. The highest BCUT2D eigenvalue weighted by molar-refractivity contribution is 9.09. The fourth-order valence-electron chi connectivity index (χ4n) is 6.56. The molecule has 3 unspecified atom stereocenters. The van der Waals surface area contributed by atoms with Gasteiger partial charge in [0.2, 0.25) is 11.8 Å². The van der Waals surface area contributed by atoms with Gasteiger partial charge in [-0.05, 0) is 31.7 Å². The van der Waals surface area contributed by atoms with Crippen LogP contribution >= 0.6 is 15.9 Å². The van der Waals surface area contributed by atoms with E-state index >= 15 is 0 Å². The maximum atomic E-state index is 14.4. The van der Waals surface area contributed by atoms with E-state index < -0.39 is 41.6 Å². The van der Waals surface area contributed by atoms with Crippen LogP contribution in [0.2, 0.25) is 0 Å². The summed E-state index contributed by atoms with van der Waals surface area (Å²) in [6, 6.07) is 7.97. The van der Waals surface area contributed by atoms with Gasteiger partial charge in [0.1, 0.15) is 11.6 Å². The van der Waals surface area contributed by atoms with Gasteiger partial charge in [0.05, 0.1) is 37.2 Å². The number of fused-ring (bicyclic) bond motifs is 1. The van der Waals surface area contributed by atoms with Crippen LogP contribution in [-0.4, -0.2) is 87.6 Å². The second-order valence-corrected chi connectivity index (χ2v) is 11.6. The lowest BCUT2D eigenvalue weighted by Gasteiger charge is -2.39. The van der Waals surface area contributed by atoms with Gasteiger partial charge in [0.15, 0.2) is 0 Å². The Balaban J connectivity index is 1.77. The third-order valence-corrected chi connectivity index (χ3v) is 8.98. The van der Waals surface area contributed by atoms with Crippen LogP contribution in [-0.2, 0) is 30.3 Å². The van der Waals surface area contributed by atoms with Gasteiger partial charge in [-0.15, -0.1) is 6.58 Å². The summed E-state index contributed by atoms with van der Waals surface area (Å²) in [6.45, 7) is 8.41. The van der Waals surface area contributed by atoms with E-state index in [2.05, 4.69) is 29.4 Å². The Morgan fingerprint density at radius 3 is 2.68 bits per heavy atom. The van der Waals surface area contributed by atoms with E-state index in [1.807, 2.05) is 30.3 Å². The number of nitrogens with zero attached hydrogens (tertiary/aromatic N) is 2. The van der Waals surface area contributed by atoms with Gasteiger partial charge in [-0.25, -0.2) is 0 Å². The highest BCUT2D eigenvalue weighted by Gasteiger charge is 2.77. The monoisotopic (exact) mass is 590 g/mol. The average Bonchev–Trinajstić information content (AvgIpc) is 3.50. The maximum Gasteiger partial charge on any atom is 0.312 e. The van der Waals surface area contributed by atoms with Crippen molar-refractivity contribution in [3.05, 3.63) is 48.6 Å². The van der Waals surface area contributed by atoms with E-state index in [9.17, 15) is 19.5 Å². The number of hydrogen-bond donors (Lipinski definition) is 1. The number of carbonyl (C=O) groups excluding carboxylic acids is 3. The third-order valence-electron chi connectivity index (χ3n) is 8.13. The minimum absolute atomic E-state index is 0.187. The summed E-state index contributed by atoms with van der Waals surface area (Å²) in [6.07, 6.45) is 4.73. The number of rotatable bonds is 13. The molecular formula is C29H39BrN2O6. The van der Waals surface area contributed by atoms with Crippen LogP contribution in [0.3, 0.4) is 0 Å². The molecule has 1 aromatic rings. The van der Waals surface area contributed by atoms with Crippen LogP contribution in [0.4, 0.5) is 0 Å². The number of halogens is 1. The maximum absolute atomic E-state index is 14.4. The predicted molar refractivity (Wildman–Crippen MR) is 147 cm³/mol. The molecule has 3 aliphatic heterocycles. The first kappa shape index (κ1) is 28.8. The lowest BCUT2D eigenvalue weighted by molar-refractivity contribution is -0.156. The van der Waals surface area contributed by atoms with Gasteiger partial charge < -0.3 is 24.4 Å². The summed E-state index contributed by atoms with van der Waals surface area (Å²) < 4.78 is 11.9. The van der Waals surface area contributed by atoms with Crippen molar-refractivity contribution in [1.82, 2.24) is 9.80 Å². The van der Waals surface area contributed by atoms with E-state index in [0.717, 1.165) is 24.8 Å². The molecule has 8 nitrogen and oxygen atoms in total. The van der Waals surface area contributed by atoms with E-state index in [-0.39, 0.29) is 29.9 Å². The summed E-state index contributed by atoms with van der Waals surface area (Å²) in [4.78, 5) is 44.9. The molecule has 3 aliphatic rings. The van der Waals surface area contributed by atoms with Crippen LogP contribution < -0.4 is 0 Å². The lowest BCUT2D eigenvalue weighted by atomic mass is 9.70. The van der Waals surface area contributed by atoms with Crippen LogP contribution in [0.15, 0.2) is 43.0 Å². The van der Waals surface area contributed by atoms with Gasteiger partial charge in [0, 0.05) is 17.9 Å². The number of aliphatic hydroxyl groups is 1. The molecule has 0 aliphatic carbocycles. The van der Waals surface area contributed by atoms with Crippen LogP contribution in [0, 0.1) is 11.8 Å². The number of benzene rings is 1. The Morgan fingerprint density at radius 2 is 2.05 bits per heavy atom. The summed E-state index contributed by atoms with van der Waals surface area (Å²) >= 11 is 3.68. The Hall–Kier alpha value is -2.23. The molecule has 1 aromatic carbocycles. The van der Waals surface area contributed by atoms with Crippen molar-refractivity contribution < 1.29 is 29.0 Å². The van der Waals surface area contributed by atoms with E-state index in [0.29, 0.717) is 25.9 Å². The second kappa shape index (κ2) is 12.3. The van der Waals surface area contributed by atoms with Crippen molar-refractivity contribution in [2.45, 2.75) is 74.6 Å². The molecule has 1 spiro atoms. The number of esters is 1. The van der Waals surface area contributed by atoms with Crippen molar-refractivity contribution in [2.24, 2.45) is 11.8 Å². The minimum Gasteiger partial charge on any atom is -0.466 e. The molecule has 3 saturated heterocycles. The third kappa shape index (κ3) is 5.05. The molecule has 4 rings (SSSR count). The number of ether oxygens (including phenoxy) is 2.